The van der Waals surface area contributed by atoms with Crippen LogP contribution in [-0.4, -0.2) is 65.9 Å². The molecule has 1 aromatic carbocycles. The van der Waals surface area contributed by atoms with E-state index in [1.807, 2.05) is 42.2 Å². The van der Waals surface area contributed by atoms with Crippen molar-refractivity contribution in [3.63, 3.8) is 0 Å². The van der Waals surface area contributed by atoms with Crippen LogP contribution < -0.4 is 14.5 Å². The highest BCUT2D eigenvalue weighted by Crippen LogP contribution is 2.24. The Morgan fingerprint density at radius 1 is 0.967 bits per heavy atom. The first-order valence-corrected chi connectivity index (χ1v) is 11.0. The summed E-state index contributed by atoms with van der Waals surface area (Å²) in [6.07, 6.45) is 3.23. The van der Waals surface area contributed by atoms with Gasteiger partial charge in [0.15, 0.2) is 17.7 Å². The summed E-state index contributed by atoms with van der Waals surface area (Å²) in [5, 5.41) is 8.97. The van der Waals surface area contributed by atoms with Crippen LogP contribution in [0.3, 0.4) is 0 Å². The van der Waals surface area contributed by atoms with Crippen molar-refractivity contribution in [1.29, 1.82) is 0 Å². The zero-order chi connectivity index (χ0) is 20.9. The van der Waals surface area contributed by atoms with Crippen molar-refractivity contribution in [2.75, 3.05) is 42.5 Å². The van der Waals surface area contributed by atoms with E-state index in [-0.39, 0.29) is 5.91 Å². The van der Waals surface area contributed by atoms with E-state index < -0.39 is 6.10 Å². The van der Waals surface area contributed by atoms with Gasteiger partial charge in [0.2, 0.25) is 0 Å². The maximum atomic E-state index is 12.7. The molecular weight excluding hydrogens is 378 g/mol. The molecular formula is C23H31N5O2. The van der Waals surface area contributed by atoms with Gasteiger partial charge in [0.1, 0.15) is 5.75 Å². The zero-order valence-corrected chi connectivity index (χ0v) is 17.9. The molecule has 2 aliphatic rings. The van der Waals surface area contributed by atoms with Crippen LogP contribution in [0, 0.1) is 0 Å². The van der Waals surface area contributed by atoms with E-state index in [9.17, 15) is 4.79 Å². The number of piperidine rings is 1. The number of carbonyl (C=O) groups is 1. The van der Waals surface area contributed by atoms with Gasteiger partial charge in [0.05, 0.1) is 0 Å². The molecule has 7 nitrogen and oxygen atoms in total. The van der Waals surface area contributed by atoms with Gasteiger partial charge in [-0.2, -0.15) is 0 Å². The predicted octanol–water partition coefficient (Wildman–Crippen LogP) is 2.97. The largest absolute Gasteiger partial charge is 0.481 e. The summed E-state index contributed by atoms with van der Waals surface area (Å²) in [5.41, 5.74) is 0. The number of para-hydroxylation sites is 1. The highest BCUT2D eigenvalue weighted by molar-refractivity contribution is 5.81. The molecule has 2 fully saturated rings. The first kappa shape index (κ1) is 20.4. The standard InChI is InChI=1S/C23H31N5O2/c1-18-8-6-7-13-28(18)22-12-11-21(24-25-22)26-14-16-27(17-15-26)23(29)19(2)30-20-9-4-3-5-10-20/h3-5,9-12,18-19H,6-8,13-17H2,1-2H3. The van der Waals surface area contributed by atoms with E-state index in [1.165, 1.54) is 19.3 Å². The van der Waals surface area contributed by atoms with Crippen molar-refractivity contribution in [3.8, 4) is 5.75 Å². The van der Waals surface area contributed by atoms with Gasteiger partial charge in [-0.1, -0.05) is 18.2 Å². The molecule has 4 rings (SSSR count). The summed E-state index contributed by atoms with van der Waals surface area (Å²) >= 11 is 0. The fourth-order valence-corrected chi connectivity index (χ4v) is 4.25. The topological polar surface area (TPSA) is 61.8 Å². The van der Waals surface area contributed by atoms with Crippen molar-refractivity contribution >= 4 is 17.5 Å². The molecule has 0 radical (unpaired) electrons. The average molecular weight is 410 g/mol. The number of carbonyl (C=O) groups excluding carboxylic acids is 1. The number of anilines is 2. The molecule has 3 heterocycles. The molecule has 0 spiro atoms. The van der Waals surface area contributed by atoms with Crippen LogP contribution in [0.15, 0.2) is 42.5 Å². The lowest BCUT2D eigenvalue weighted by molar-refractivity contribution is -0.138. The van der Waals surface area contributed by atoms with E-state index in [4.69, 9.17) is 4.74 Å². The molecule has 2 aromatic rings. The van der Waals surface area contributed by atoms with Gasteiger partial charge in [-0.3, -0.25) is 4.79 Å². The third-order valence-electron chi connectivity index (χ3n) is 6.05. The van der Waals surface area contributed by atoms with Crippen LogP contribution >= 0.6 is 0 Å². The quantitative estimate of drug-likeness (QED) is 0.757. The monoisotopic (exact) mass is 409 g/mol. The molecule has 1 amide bonds. The molecule has 2 aliphatic heterocycles. The minimum Gasteiger partial charge on any atom is -0.481 e. The molecule has 0 saturated carbocycles. The Morgan fingerprint density at radius 2 is 1.67 bits per heavy atom. The molecule has 160 valence electrons. The van der Waals surface area contributed by atoms with Crippen LogP contribution in [-0.2, 0) is 4.79 Å². The summed E-state index contributed by atoms with van der Waals surface area (Å²) < 4.78 is 5.79. The van der Waals surface area contributed by atoms with Gasteiger partial charge in [-0.25, -0.2) is 0 Å². The molecule has 2 atom stereocenters. The fourth-order valence-electron chi connectivity index (χ4n) is 4.25. The predicted molar refractivity (Wildman–Crippen MR) is 118 cm³/mol. The summed E-state index contributed by atoms with van der Waals surface area (Å²) in [6.45, 7) is 7.94. The summed E-state index contributed by atoms with van der Waals surface area (Å²) in [7, 11) is 0. The van der Waals surface area contributed by atoms with Crippen molar-refractivity contribution in [3.05, 3.63) is 42.5 Å². The Morgan fingerprint density at radius 3 is 2.33 bits per heavy atom. The minimum absolute atomic E-state index is 0.0269. The van der Waals surface area contributed by atoms with Crippen LogP contribution in [0.4, 0.5) is 11.6 Å². The van der Waals surface area contributed by atoms with Gasteiger partial charge in [0, 0.05) is 38.8 Å². The molecule has 2 unspecified atom stereocenters. The summed E-state index contributed by atoms with van der Waals surface area (Å²) in [5.74, 6) is 2.59. The average Bonchev–Trinajstić information content (AvgIpc) is 2.80. The number of benzene rings is 1. The van der Waals surface area contributed by atoms with E-state index in [2.05, 4.69) is 39.1 Å². The summed E-state index contributed by atoms with van der Waals surface area (Å²) in [6, 6.07) is 14.1. The normalized spacial score (nSPS) is 20.7. The van der Waals surface area contributed by atoms with Crippen molar-refractivity contribution < 1.29 is 9.53 Å². The number of aromatic nitrogens is 2. The number of amides is 1. The van der Waals surface area contributed by atoms with Crippen LogP contribution in [0.5, 0.6) is 5.75 Å². The zero-order valence-electron chi connectivity index (χ0n) is 17.9. The molecule has 0 aliphatic carbocycles. The van der Waals surface area contributed by atoms with Crippen LogP contribution in [0.2, 0.25) is 0 Å². The molecule has 1 aromatic heterocycles. The minimum atomic E-state index is -0.496. The second kappa shape index (κ2) is 9.32. The summed E-state index contributed by atoms with van der Waals surface area (Å²) in [4.78, 5) is 19.2. The van der Waals surface area contributed by atoms with E-state index in [1.54, 1.807) is 0 Å². The van der Waals surface area contributed by atoms with Crippen LogP contribution in [0.25, 0.3) is 0 Å². The van der Waals surface area contributed by atoms with Crippen LogP contribution in [0.1, 0.15) is 33.1 Å². The van der Waals surface area contributed by atoms with E-state index >= 15 is 0 Å². The van der Waals surface area contributed by atoms with E-state index in [0.717, 1.165) is 37.0 Å². The SMILES string of the molecule is CC(Oc1ccccc1)C(=O)N1CCN(c2ccc(N3CCCCC3C)nn2)CC1. The molecule has 0 N–H and O–H groups in total. The van der Waals surface area contributed by atoms with Crippen molar-refractivity contribution in [2.24, 2.45) is 0 Å². The lowest BCUT2D eigenvalue weighted by Crippen LogP contribution is -2.52. The van der Waals surface area contributed by atoms with Gasteiger partial charge >= 0.3 is 0 Å². The number of hydrogen-bond acceptors (Lipinski definition) is 6. The van der Waals surface area contributed by atoms with Gasteiger partial charge in [0.25, 0.3) is 5.91 Å². The Labute approximate surface area is 178 Å². The third kappa shape index (κ3) is 4.66. The van der Waals surface area contributed by atoms with E-state index in [0.29, 0.717) is 19.1 Å². The number of ether oxygens (including phenoxy) is 1. The molecule has 30 heavy (non-hydrogen) atoms. The second-order valence-electron chi connectivity index (χ2n) is 8.17. The van der Waals surface area contributed by atoms with Gasteiger partial charge in [-0.05, 0) is 57.4 Å². The smallest absolute Gasteiger partial charge is 0.263 e. The number of rotatable bonds is 5. The maximum Gasteiger partial charge on any atom is 0.263 e. The number of piperazine rings is 1. The maximum absolute atomic E-state index is 12.7. The van der Waals surface area contributed by atoms with Gasteiger partial charge < -0.3 is 19.4 Å². The Balaban J connectivity index is 1.30. The Kier molecular flexibility index (Phi) is 6.35. The van der Waals surface area contributed by atoms with Crippen molar-refractivity contribution in [1.82, 2.24) is 15.1 Å². The molecule has 2 saturated heterocycles. The van der Waals surface area contributed by atoms with Crippen molar-refractivity contribution in [2.45, 2.75) is 45.3 Å². The Bertz CT molecular complexity index is 821. The third-order valence-corrected chi connectivity index (χ3v) is 6.05. The molecule has 7 heteroatoms. The lowest BCUT2D eigenvalue weighted by Gasteiger charge is -2.37. The first-order chi connectivity index (χ1) is 14.6. The highest BCUT2D eigenvalue weighted by Gasteiger charge is 2.27. The highest BCUT2D eigenvalue weighted by atomic mass is 16.5. The number of hydrogen-bond donors (Lipinski definition) is 0. The Hall–Kier alpha value is -2.83. The number of nitrogens with zero attached hydrogens (tertiary/aromatic N) is 5. The fraction of sp³-hybridized carbons (Fsp3) is 0.522. The second-order valence-corrected chi connectivity index (χ2v) is 8.17. The molecule has 0 bridgehead atoms. The lowest BCUT2D eigenvalue weighted by atomic mass is 10.0. The van der Waals surface area contributed by atoms with Gasteiger partial charge in [-0.15, -0.1) is 10.2 Å². The first-order valence-electron chi connectivity index (χ1n) is 11.0.